The summed E-state index contributed by atoms with van der Waals surface area (Å²) in [5.41, 5.74) is 0. The summed E-state index contributed by atoms with van der Waals surface area (Å²) in [6.45, 7) is 6.46. The van der Waals surface area contributed by atoms with Crippen molar-refractivity contribution in [3.8, 4) is 0 Å². The third-order valence-corrected chi connectivity index (χ3v) is 4.37. The highest BCUT2D eigenvalue weighted by Crippen LogP contribution is 2.09. The van der Waals surface area contributed by atoms with Gasteiger partial charge in [-0.05, 0) is 25.7 Å². The van der Waals surface area contributed by atoms with Gasteiger partial charge in [-0.15, -0.1) is 0 Å². The van der Waals surface area contributed by atoms with Crippen LogP contribution in [0.1, 0.15) is 90.9 Å². The van der Waals surface area contributed by atoms with E-state index in [4.69, 9.17) is 24.1 Å². The third kappa shape index (κ3) is 21.3. The van der Waals surface area contributed by atoms with Crippen LogP contribution in [0.4, 0.5) is 0 Å². The molecule has 7 heteroatoms. The lowest BCUT2D eigenvalue weighted by Crippen LogP contribution is -2.25. The van der Waals surface area contributed by atoms with Crippen molar-refractivity contribution in [2.45, 2.75) is 97.2 Å². The van der Waals surface area contributed by atoms with Crippen molar-refractivity contribution in [1.82, 2.24) is 0 Å². The molecular weight excluding hydrogens is 376 g/mol. The maximum atomic E-state index is 11.7. The van der Waals surface area contributed by atoms with Crippen molar-refractivity contribution in [1.29, 1.82) is 0 Å². The highest BCUT2D eigenvalue weighted by molar-refractivity contribution is 5.69. The quantitative estimate of drug-likeness (QED) is 0.155. The molecule has 0 amide bonds. The fourth-order valence-corrected chi connectivity index (χ4v) is 2.58. The molecule has 0 spiro atoms. The van der Waals surface area contributed by atoms with E-state index in [-0.39, 0.29) is 25.3 Å². The molecule has 0 saturated carbocycles. The van der Waals surface area contributed by atoms with Crippen molar-refractivity contribution in [3.63, 3.8) is 0 Å². The van der Waals surface area contributed by atoms with Crippen molar-refractivity contribution in [2.75, 3.05) is 33.0 Å². The first-order valence-electron chi connectivity index (χ1n) is 11.3. The molecular formula is C22H42O7. The standard InChI is InChI=1S/C22H42O7/c1-3-5-15-28-22(29-16-6-4-2)19-26-17-18-27-21(25)14-12-10-8-7-9-11-13-20(23)24/h22H,3-19H2,1-2H3,(H,23,24). The Morgan fingerprint density at radius 2 is 1.28 bits per heavy atom. The molecule has 0 aromatic carbocycles. The van der Waals surface area contributed by atoms with Gasteiger partial charge in [0.15, 0.2) is 6.29 Å². The zero-order valence-corrected chi connectivity index (χ0v) is 18.5. The molecule has 1 N–H and O–H groups in total. The number of carbonyl (C=O) groups excluding carboxylic acids is 1. The van der Waals surface area contributed by atoms with Crippen molar-refractivity contribution in [3.05, 3.63) is 0 Å². The molecule has 0 aromatic rings. The maximum absolute atomic E-state index is 11.7. The minimum absolute atomic E-state index is 0.200. The lowest BCUT2D eigenvalue weighted by atomic mass is 10.1. The number of carbonyl (C=O) groups is 2. The first kappa shape index (κ1) is 27.8. The van der Waals surface area contributed by atoms with E-state index in [1.54, 1.807) is 0 Å². The molecule has 0 aliphatic heterocycles. The van der Waals surface area contributed by atoms with Crippen LogP contribution < -0.4 is 0 Å². The topological polar surface area (TPSA) is 91.3 Å². The van der Waals surface area contributed by atoms with Crippen LogP contribution in [0.3, 0.4) is 0 Å². The van der Waals surface area contributed by atoms with Gasteiger partial charge in [0.25, 0.3) is 0 Å². The van der Waals surface area contributed by atoms with Crippen molar-refractivity contribution in [2.24, 2.45) is 0 Å². The van der Waals surface area contributed by atoms with Crippen LogP contribution in [0.2, 0.25) is 0 Å². The monoisotopic (exact) mass is 418 g/mol. The largest absolute Gasteiger partial charge is 0.481 e. The smallest absolute Gasteiger partial charge is 0.305 e. The normalized spacial score (nSPS) is 11.1. The Morgan fingerprint density at radius 1 is 0.724 bits per heavy atom. The number of ether oxygens (including phenoxy) is 4. The molecule has 0 fully saturated rings. The maximum Gasteiger partial charge on any atom is 0.305 e. The molecule has 0 bridgehead atoms. The lowest BCUT2D eigenvalue weighted by Gasteiger charge is -2.18. The number of carboxylic acids is 1. The van der Waals surface area contributed by atoms with E-state index in [2.05, 4.69) is 13.8 Å². The second-order valence-corrected chi connectivity index (χ2v) is 7.19. The van der Waals surface area contributed by atoms with Gasteiger partial charge < -0.3 is 24.1 Å². The number of aliphatic carboxylic acids is 1. The molecule has 29 heavy (non-hydrogen) atoms. The minimum atomic E-state index is -0.736. The van der Waals surface area contributed by atoms with Crippen LogP contribution in [0.25, 0.3) is 0 Å². The van der Waals surface area contributed by atoms with E-state index in [0.717, 1.165) is 64.2 Å². The predicted octanol–water partition coefficient (Wildman–Crippen LogP) is 4.71. The van der Waals surface area contributed by atoms with E-state index >= 15 is 0 Å². The van der Waals surface area contributed by atoms with Crippen molar-refractivity contribution < 1.29 is 33.6 Å². The van der Waals surface area contributed by atoms with Crippen LogP contribution in [0.5, 0.6) is 0 Å². The van der Waals surface area contributed by atoms with Crippen LogP contribution in [-0.4, -0.2) is 56.4 Å². The average molecular weight is 419 g/mol. The van der Waals surface area contributed by atoms with Gasteiger partial charge in [0.1, 0.15) is 6.61 Å². The number of esters is 1. The zero-order chi connectivity index (χ0) is 21.6. The van der Waals surface area contributed by atoms with Gasteiger partial charge >= 0.3 is 11.9 Å². The van der Waals surface area contributed by atoms with Gasteiger partial charge in [-0.2, -0.15) is 0 Å². The molecule has 0 aromatic heterocycles. The molecule has 172 valence electrons. The van der Waals surface area contributed by atoms with E-state index < -0.39 is 5.97 Å². The van der Waals surface area contributed by atoms with Gasteiger partial charge in [0.2, 0.25) is 0 Å². The molecule has 0 atom stereocenters. The van der Waals surface area contributed by atoms with Crippen LogP contribution in [0.15, 0.2) is 0 Å². The van der Waals surface area contributed by atoms with Gasteiger partial charge in [-0.25, -0.2) is 0 Å². The van der Waals surface area contributed by atoms with Gasteiger partial charge in [0.05, 0.1) is 13.2 Å². The summed E-state index contributed by atoms with van der Waals surface area (Å²) >= 11 is 0. The highest BCUT2D eigenvalue weighted by Gasteiger charge is 2.10. The number of hydrogen-bond donors (Lipinski definition) is 1. The summed E-state index contributed by atoms with van der Waals surface area (Å²) in [6.07, 6.45) is 9.88. The summed E-state index contributed by atoms with van der Waals surface area (Å²) in [6, 6.07) is 0. The summed E-state index contributed by atoms with van der Waals surface area (Å²) < 4.78 is 22.1. The van der Waals surface area contributed by atoms with E-state index in [0.29, 0.717) is 32.8 Å². The van der Waals surface area contributed by atoms with Gasteiger partial charge in [-0.1, -0.05) is 52.4 Å². The number of unbranched alkanes of at least 4 members (excludes halogenated alkanes) is 7. The second kappa shape index (κ2) is 21.5. The molecule has 0 aliphatic rings. The first-order valence-corrected chi connectivity index (χ1v) is 11.3. The Balaban J connectivity index is 3.59. The number of rotatable bonds is 22. The summed E-state index contributed by atoms with van der Waals surface area (Å²) in [5, 5.41) is 8.56. The average Bonchev–Trinajstić information content (AvgIpc) is 2.69. The van der Waals surface area contributed by atoms with E-state index in [1.807, 2.05) is 0 Å². The third-order valence-electron chi connectivity index (χ3n) is 4.37. The van der Waals surface area contributed by atoms with E-state index in [1.165, 1.54) is 0 Å². The molecule has 0 rings (SSSR count). The van der Waals surface area contributed by atoms with Crippen LogP contribution in [-0.2, 0) is 28.5 Å². The predicted molar refractivity (Wildman–Crippen MR) is 112 cm³/mol. The molecule has 0 unspecified atom stereocenters. The summed E-state index contributed by atoms with van der Waals surface area (Å²) in [4.78, 5) is 22.1. The molecule has 7 nitrogen and oxygen atoms in total. The van der Waals surface area contributed by atoms with Crippen LogP contribution in [0, 0.1) is 0 Å². The number of carboxylic acid groups (broad SMARTS) is 1. The summed E-state index contributed by atoms with van der Waals surface area (Å²) in [5.74, 6) is -0.935. The fourth-order valence-electron chi connectivity index (χ4n) is 2.58. The SMILES string of the molecule is CCCCOC(COCCOC(=O)CCCCCCCCC(=O)O)OCCCC. The lowest BCUT2D eigenvalue weighted by molar-refractivity contribution is -0.176. The Kier molecular flexibility index (Phi) is 20.7. The molecule has 0 radical (unpaired) electrons. The summed E-state index contributed by atoms with van der Waals surface area (Å²) in [7, 11) is 0. The number of hydrogen-bond acceptors (Lipinski definition) is 6. The Hall–Kier alpha value is -1.18. The molecule has 0 aliphatic carbocycles. The van der Waals surface area contributed by atoms with Crippen LogP contribution >= 0.6 is 0 Å². The minimum Gasteiger partial charge on any atom is -0.481 e. The Bertz CT molecular complexity index is 377. The zero-order valence-electron chi connectivity index (χ0n) is 18.5. The second-order valence-electron chi connectivity index (χ2n) is 7.19. The molecule has 0 saturated heterocycles. The fraction of sp³-hybridized carbons (Fsp3) is 0.909. The highest BCUT2D eigenvalue weighted by atomic mass is 16.7. The van der Waals surface area contributed by atoms with Crippen molar-refractivity contribution >= 4 is 11.9 Å². The Labute approximate surface area is 176 Å². The first-order chi connectivity index (χ1) is 14.1. The Morgan fingerprint density at radius 3 is 1.83 bits per heavy atom. The van der Waals surface area contributed by atoms with Gasteiger partial charge in [-0.3, -0.25) is 9.59 Å². The molecule has 0 heterocycles. The van der Waals surface area contributed by atoms with E-state index in [9.17, 15) is 9.59 Å². The van der Waals surface area contributed by atoms with Gasteiger partial charge in [0, 0.05) is 26.1 Å².